The van der Waals surface area contributed by atoms with Gasteiger partial charge in [-0.2, -0.15) is 13.1 Å². The molecule has 0 radical (unpaired) electrons. The molecule has 5 nitrogen and oxygen atoms in total. The third kappa shape index (κ3) is 4.42. The van der Waals surface area contributed by atoms with Gasteiger partial charge in [-0.1, -0.05) is 13.8 Å². The topological polar surface area (TPSA) is 75.3 Å². The molecule has 0 aliphatic heterocycles. The number of carbonyl (C=O) groups excluding carboxylic acids is 1. The standard InChI is InChI=1S/C6H14N2O3S/c1-5(2)6(9)4-8-12(10,11)7-3/h5,7-8H,4H2,1-3H3. The van der Waals surface area contributed by atoms with Crippen LogP contribution in [0.25, 0.3) is 0 Å². The number of hydrogen-bond donors (Lipinski definition) is 2. The SMILES string of the molecule is CNS(=O)(=O)NCC(=O)C(C)C. The molecule has 0 fully saturated rings. The fourth-order valence-corrected chi connectivity index (χ4v) is 0.919. The third-order valence-corrected chi connectivity index (χ3v) is 2.41. The minimum atomic E-state index is -3.47. The highest BCUT2D eigenvalue weighted by atomic mass is 32.2. The number of carbonyl (C=O) groups is 1. The Balaban J connectivity index is 3.93. The van der Waals surface area contributed by atoms with Crippen molar-refractivity contribution in [2.45, 2.75) is 13.8 Å². The molecule has 0 unspecified atom stereocenters. The molecular formula is C6H14N2O3S. The van der Waals surface area contributed by atoms with Gasteiger partial charge in [-0.25, -0.2) is 4.72 Å². The number of hydrogen-bond acceptors (Lipinski definition) is 3. The first-order valence-electron chi connectivity index (χ1n) is 3.60. The van der Waals surface area contributed by atoms with E-state index in [0.717, 1.165) is 0 Å². The van der Waals surface area contributed by atoms with E-state index in [9.17, 15) is 13.2 Å². The zero-order valence-electron chi connectivity index (χ0n) is 7.42. The molecule has 0 saturated heterocycles. The van der Waals surface area contributed by atoms with Crippen molar-refractivity contribution in [3.63, 3.8) is 0 Å². The second-order valence-corrected chi connectivity index (χ2v) is 4.35. The maximum atomic E-state index is 11.0. The third-order valence-electron chi connectivity index (χ3n) is 1.35. The lowest BCUT2D eigenvalue weighted by Gasteiger charge is -2.05. The lowest BCUT2D eigenvalue weighted by Crippen LogP contribution is -2.38. The Labute approximate surface area is 72.7 Å². The van der Waals surface area contributed by atoms with E-state index in [4.69, 9.17) is 0 Å². The Morgan fingerprint density at radius 1 is 1.42 bits per heavy atom. The van der Waals surface area contributed by atoms with Crippen LogP contribution in [0.5, 0.6) is 0 Å². The molecule has 6 heteroatoms. The van der Waals surface area contributed by atoms with Gasteiger partial charge in [0.15, 0.2) is 0 Å². The highest BCUT2D eigenvalue weighted by molar-refractivity contribution is 7.87. The molecule has 0 bridgehead atoms. The fourth-order valence-electron chi connectivity index (χ4n) is 0.442. The molecule has 0 heterocycles. The summed E-state index contributed by atoms with van der Waals surface area (Å²) in [6.07, 6.45) is 0. The van der Waals surface area contributed by atoms with Gasteiger partial charge in [0.2, 0.25) is 0 Å². The smallest absolute Gasteiger partial charge is 0.277 e. The number of Topliss-reactive ketones (excluding diaryl/α,β-unsaturated/α-hetero) is 1. The van der Waals surface area contributed by atoms with Crippen molar-refractivity contribution >= 4 is 16.0 Å². The van der Waals surface area contributed by atoms with Crippen LogP contribution in [-0.2, 0) is 15.0 Å². The lowest BCUT2D eigenvalue weighted by molar-refractivity contribution is -0.120. The van der Waals surface area contributed by atoms with Gasteiger partial charge in [-0.15, -0.1) is 0 Å². The van der Waals surface area contributed by atoms with Crippen LogP contribution in [0.1, 0.15) is 13.8 Å². The molecule has 0 saturated carbocycles. The summed E-state index contributed by atoms with van der Waals surface area (Å²) >= 11 is 0. The van der Waals surface area contributed by atoms with Crippen molar-refractivity contribution in [1.29, 1.82) is 0 Å². The first-order valence-corrected chi connectivity index (χ1v) is 5.08. The van der Waals surface area contributed by atoms with E-state index in [1.54, 1.807) is 13.8 Å². The van der Waals surface area contributed by atoms with E-state index >= 15 is 0 Å². The van der Waals surface area contributed by atoms with Crippen LogP contribution in [0.15, 0.2) is 0 Å². The van der Waals surface area contributed by atoms with Gasteiger partial charge < -0.3 is 0 Å². The Hall–Kier alpha value is -0.460. The maximum Gasteiger partial charge on any atom is 0.277 e. The minimum Gasteiger partial charge on any atom is -0.298 e. The Bertz CT molecular complexity index is 246. The van der Waals surface area contributed by atoms with E-state index in [2.05, 4.69) is 4.72 Å². The van der Waals surface area contributed by atoms with Crippen molar-refractivity contribution in [3.8, 4) is 0 Å². The van der Waals surface area contributed by atoms with Crippen molar-refractivity contribution in [2.75, 3.05) is 13.6 Å². The molecule has 0 aliphatic rings. The van der Waals surface area contributed by atoms with Crippen LogP contribution in [-0.4, -0.2) is 27.8 Å². The normalized spacial score (nSPS) is 12.0. The van der Waals surface area contributed by atoms with Gasteiger partial charge in [0, 0.05) is 13.0 Å². The lowest BCUT2D eigenvalue weighted by atomic mass is 10.1. The average Bonchev–Trinajstić information content (AvgIpc) is 2.00. The van der Waals surface area contributed by atoms with E-state index in [0.29, 0.717) is 0 Å². The van der Waals surface area contributed by atoms with Gasteiger partial charge in [0.25, 0.3) is 10.2 Å². The van der Waals surface area contributed by atoms with Gasteiger partial charge >= 0.3 is 0 Å². The molecule has 0 aromatic carbocycles. The molecule has 12 heavy (non-hydrogen) atoms. The summed E-state index contributed by atoms with van der Waals surface area (Å²) < 4.78 is 25.6. The summed E-state index contributed by atoms with van der Waals surface area (Å²) in [5.41, 5.74) is 0. The molecule has 0 spiro atoms. The van der Waals surface area contributed by atoms with Crippen LogP contribution in [0.4, 0.5) is 0 Å². The highest BCUT2D eigenvalue weighted by Gasteiger charge is 2.11. The van der Waals surface area contributed by atoms with Crippen LogP contribution >= 0.6 is 0 Å². The monoisotopic (exact) mass is 194 g/mol. The number of ketones is 1. The first-order chi connectivity index (χ1) is 5.39. The van der Waals surface area contributed by atoms with Crippen LogP contribution < -0.4 is 9.44 Å². The van der Waals surface area contributed by atoms with E-state index in [-0.39, 0.29) is 18.2 Å². The van der Waals surface area contributed by atoms with Gasteiger partial charge in [-0.3, -0.25) is 4.79 Å². The molecule has 0 amide bonds. The van der Waals surface area contributed by atoms with Crippen LogP contribution in [0.3, 0.4) is 0 Å². The van der Waals surface area contributed by atoms with E-state index in [1.165, 1.54) is 7.05 Å². The fraction of sp³-hybridized carbons (Fsp3) is 0.833. The number of rotatable bonds is 5. The molecule has 72 valence electrons. The van der Waals surface area contributed by atoms with Gasteiger partial charge in [0.05, 0.1) is 6.54 Å². The quantitative estimate of drug-likeness (QED) is 0.605. The molecular weight excluding hydrogens is 180 g/mol. The van der Waals surface area contributed by atoms with Crippen molar-refractivity contribution in [3.05, 3.63) is 0 Å². The molecule has 0 atom stereocenters. The van der Waals surface area contributed by atoms with E-state index in [1.807, 2.05) is 4.72 Å². The summed E-state index contributed by atoms with van der Waals surface area (Å²) in [5, 5.41) is 0. The Morgan fingerprint density at radius 3 is 2.25 bits per heavy atom. The van der Waals surface area contributed by atoms with Crippen molar-refractivity contribution < 1.29 is 13.2 Å². The predicted octanol–water partition coefficient (Wildman–Crippen LogP) is -0.735. The Kier molecular flexibility index (Phi) is 4.36. The predicted molar refractivity (Wildman–Crippen MR) is 45.8 cm³/mol. The average molecular weight is 194 g/mol. The first kappa shape index (κ1) is 11.5. The van der Waals surface area contributed by atoms with Crippen LogP contribution in [0.2, 0.25) is 0 Å². The summed E-state index contributed by atoms with van der Waals surface area (Å²) in [6, 6.07) is 0. The summed E-state index contributed by atoms with van der Waals surface area (Å²) in [6.45, 7) is 3.28. The molecule has 0 rings (SSSR count). The molecule has 2 N–H and O–H groups in total. The zero-order chi connectivity index (χ0) is 9.78. The van der Waals surface area contributed by atoms with Gasteiger partial charge in [0.1, 0.15) is 5.78 Å². The maximum absolute atomic E-state index is 11.0. The summed E-state index contributed by atoms with van der Waals surface area (Å²) in [7, 11) is -2.19. The zero-order valence-corrected chi connectivity index (χ0v) is 8.23. The van der Waals surface area contributed by atoms with Gasteiger partial charge in [-0.05, 0) is 0 Å². The van der Waals surface area contributed by atoms with Crippen molar-refractivity contribution in [1.82, 2.24) is 9.44 Å². The number of nitrogens with one attached hydrogen (secondary N) is 2. The van der Waals surface area contributed by atoms with Crippen LogP contribution in [0, 0.1) is 5.92 Å². The summed E-state index contributed by atoms with van der Waals surface area (Å²) in [4.78, 5) is 11.0. The Morgan fingerprint density at radius 2 is 1.92 bits per heavy atom. The van der Waals surface area contributed by atoms with Crippen molar-refractivity contribution in [2.24, 2.45) is 5.92 Å². The molecule has 0 aromatic rings. The second kappa shape index (κ2) is 4.54. The molecule has 0 aromatic heterocycles. The second-order valence-electron chi connectivity index (χ2n) is 2.65. The molecule has 0 aliphatic carbocycles. The largest absolute Gasteiger partial charge is 0.298 e. The minimum absolute atomic E-state index is 0.131. The van der Waals surface area contributed by atoms with E-state index < -0.39 is 10.2 Å². The highest BCUT2D eigenvalue weighted by Crippen LogP contribution is 1.92. The summed E-state index contributed by atoms with van der Waals surface area (Å²) in [5.74, 6) is -0.279.